The van der Waals surface area contributed by atoms with Gasteiger partial charge >= 0.3 is 0 Å². The minimum absolute atomic E-state index is 0.507. The van der Waals surface area contributed by atoms with Crippen molar-refractivity contribution in [3.8, 4) is 22.8 Å². The smallest absolute Gasteiger partial charge is 0.258 e. The molecule has 5 heteroatoms. The standard InChI is InChI=1S/C16H16N4O/c1-20(2)14-9-5-12(6-10-14)16-18-15(19-21-16)11-3-7-13(17)8-4-11/h3-10H,17H2,1-2H3. The lowest BCUT2D eigenvalue weighted by Crippen LogP contribution is -2.07. The zero-order valence-corrected chi connectivity index (χ0v) is 11.9. The fourth-order valence-corrected chi connectivity index (χ4v) is 1.99. The summed E-state index contributed by atoms with van der Waals surface area (Å²) in [7, 11) is 4.00. The number of rotatable bonds is 3. The van der Waals surface area contributed by atoms with Crippen molar-refractivity contribution in [2.75, 3.05) is 24.7 Å². The molecule has 0 unspecified atom stereocenters. The Morgan fingerprint density at radius 1 is 0.905 bits per heavy atom. The van der Waals surface area contributed by atoms with Gasteiger partial charge in [0.2, 0.25) is 5.82 Å². The Bertz CT molecular complexity index is 730. The number of aromatic nitrogens is 2. The highest BCUT2D eigenvalue weighted by Crippen LogP contribution is 2.24. The molecule has 5 nitrogen and oxygen atoms in total. The third-order valence-corrected chi connectivity index (χ3v) is 3.23. The molecule has 0 saturated carbocycles. The fraction of sp³-hybridized carbons (Fsp3) is 0.125. The fourth-order valence-electron chi connectivity index (χ4n) is 1.99. The zero-order chi connectivity index (χ0) is 14.8. The summed E-state index contributed by atoms with van der Waals surface area (Å²) in [4.78, 5) is 6.46. The number of nitrogens with two attached hydrogens (primary N) is 1. The lowest BCUT2D eigenvalue weighted by molar-refractivity contribution is 0.432. The molecule has 0 bridgehead atoms. The van der Waals surface area contributed by atoms with Crippen LogP contribution in [-0.2, 0) is 0 Å². The molecule has 2 aromatic carbocycles. The van der Waals surface area contributed by atoms with Crippen LogP contribution < -0.4 is 10.6 Å². The molecule has 3 aromatic rings. The number of benzene rings is 2. The predicted molar refractivity (Wildman–Crippen MR) is 83.9 cm³/mol. The van der Waals surface area contributed by atoms with Gasteiger partial charge in [-0.2, -0.15) is 4.98 Å². The van der Waals surface area contributed by atoms with Crippen LogP contribution in [0.25, 0.3) is 22.8 Å². The normalized spacial score (nSPS) is 10.6. The maximum absolute atomic E-state index is 5.67. The molecule has 1 aromatic heterocycles. The molecule has 0 amide bonds. The number of hydrogen-bond donors (Lipinski definition) is 1. The molecule has 0 aliphatic carbocycles. The first-order chi connectivity index (χ1) is 10.1. The third-order valence-electron chi connectivity index (χ3n) is 3.23. The minimum Gasteiger partial charge on any atom is -0.399 e. The van der Waals surface area contributed by atoms with E-state index < -0.39 is 0 Å². The third kappa shape index (κ3) is 2.72. The van der Waals surface area contributed by atoms with E-state index in [1.165, 1.54) is 0 Å². The zero-order valence-electron chi connectivity index (χ0n) is 11.9. The van der Waals surface area contributed by atoms with Crippen LogP contribution in [0.5, 0.6) is 0 Å². The maximum Gasteiger partial charge on any atom is 0.258 e. The summed E-state index contributed by atoms with van der Waals surface area (Å²) in [5.74, 6) is 1.06. The monoisotopic (exact) mass is 280 g/mol. The van der Waals surface area contributed by atoms with Crippen molar-refractivity contribution in [3.05, 3.63) is 48.5 Å². The molecule has 0 radical (unpaired) electrons. The molecule has 0 atom stereocenters. The van der Waals surface area contributed by atoms with E-state index in [0.29, 0.717) is 17.4 Å². The number of hydrogen-bond acceptors (Lipinski definition) is 5. The Hall–Kier alpha value is -2.82. The first-order valence-corrected chi connectivity index (χ1v) is 6.61. The van der Waals surface area contributed by atoms with E-state index in [-0.39, 0.29) is 0 Å². The van der Waals surface area contributed by atoms with Crippen LogP contribution >= 0.6 is 0 Å². The van der Waals surface area contributed by atoms with Gasteiger partial charge in [0.1, 0.15) is 0 Å². The van der Waals surface area contributed by atoms with E-state index in [4.69, 9.17) is 10.3 Å². The Morgan fingerprint density at radius 2 is 1.52 bits per heavy atom. The Kier molecular flexibility index (Phi) is 3.31. The Balaban J connectivity index is 1.89. The van der Waals surface area contributed by atoms with E-state index in [0.717, 1.165) is 16.8 Å². The SMILES string of the molecule is CN(C)c1ccc(-c2nc(-c3ccc(N)cc3)no2)cc1. The van der Waals surface area contributed by atoms with Crippen LogP contribution in [0.2, 0.25) is 0 Å². The van der Waals surface area contributed by atoms with Crippen molar-refractivity contribution in [1.82, 2.24) is 10.1 Å². The van der Waals surface area contributed by atoms with Crippen LogP contribution in [0.15, 0.2) is 53.1 Å². The lowest BCUT2D eigenvalue weighted by Gasteiger charge is -2.11. The first-order valence-electron chi connectivity index (χ1n) is 6.61. The largest absolute Gasteiger partial charge is 0.399 e. The van der Waals surface area contributed by atoms with Crippen molar-refractivity contribution in [1.29, 1.82) is 0 Å². The summed E-state index contributed by atoms with van der Waals surface area (Å²) in [5.41, 5.74) is 9.28. The minimum atomic E-state index is 0.507. The van der Waals surface area contributed by atoms with Gasteiger partial charge in [-0.25, -0.2) is 0 Å². The van der Waals surface area contributed by atoms with Gasteiger partial charge in [0.25, 0.3) is 5.89 Å². The van der Waals surface area contributed by atoms with Crippen LogP contribution in [0.1, 0.15) is 0 Å². The maximum atomic E-state index is 5.67. The average molecular weight is 280 g/mol. The van der Waals surface area contributed by atoms with Crippen molar-refractivity contribution in [2.45, 2.75) is 0 Å². The van der Waals surface area contributed by atoms with Gasteiger partial charge in [0.15, 0.2) is 0 Å². The molecule has 2 N–H and O–H groups in total. The average Bonchev–Trinajstić information content (AvgIpc) is 2.98. The van der Waals surface area contributed by atoms with Crippen LogP contribution in [-0.4, -0.2) is 24.2 Å². The highest BCUT2D eigenvalue weighted by atomic mass is 16.5. The molecular weight excluding hydrogens is 264 g/mol. The quantitative estimate of drug-likeness (QED) is 0.747. The highest BCUT2D eigenvalue weighted by molar-refractivity contribution is 5.63. The van der Waals surface area contributed by atoms with Crippen molar-refractivity contribution in [2.24, 2.45) is 0 Å². The number of nitrogen functional groups attached to an aromatic ring is 1. The van der Waals surface area contributed by atoms with Crippen molar-refractivity contribution >= 4 is 11.4 Å². The van der Waals surface area contributed by atoms with Gasteiger partial charge < -0.3 is 15.2 Å². The topological polar surface area (TPSA) is 68.2 Å². The summed E-state index contributed by atoms with van der Waals surface area (Å²) >= 11 is 0. The molecule has 21 heavy (non-hydrogen) atoms. The molecule has 1 heterocycles. The van der Waals surface area contributed by atoms with E-state index in [1.54, 1.807) is 0 Å². The van der Waals surface area contributed by atoms with Gasteiger partial charge in [-0.1, -0.05) is 5.16 Å². The van der Waals surface area contributed by atoms with Gasteiger partial charge in [-0.05, 0) is 48.5 Å². The second-order valence-electron chi connectivity index (χ2n) is 4.99. The van der Waals surface area contributed by atoms with Gasteiger partial charge in [0, 0.05) is 36.6 Å². The van der Waals surface area contributed by atoms with Crippen molar-refractivity contribution < 1.29 is 4.52 Å². The molecule has 0 aliphatic rings. The molecular formula is C16H16N4O. The van der Waals surface area contributed by atoms with E-state index in [2.05, 4.69) is 10.1 Å². The van der Waals surface area contributed by atoms with Crippen LogP contribution in [0, 0.1) is 0 Å². The van der Waals surface area contributed by atoms with E-state index in [1.807, 2.05) is 67.5 Å². The van der Waals surface area contributed by atoms with Crippen molar-refractivity contribution in [3.63, 3.8) is 0 Å². The van der Waals surface area contributed by atoms with Gasteiger partial charge in [0.05, 0.1) is 0 Å². The second kappa shape index (κ2) is 5.28. The summed E-state index contributed by atoms with van der Waals surface area (Å²) in [6.45, 7) is 0. The van der Waals surface area contributed by atoms with Crippen LogP contribution in [0.3, 0.4) is 0 Å². The number of nitrogens with zero attached hydrogens (tertiary/aromatic N) is 3. The molecule has 0 spiro atoms. The second-order valence-corrected chi connectivity index (χ2v) is 4.99. The van der Waals surface area contributed by atoms with E-state index >= 15 is 0 Å². The summed E-state index contributed by atoms with van der Waals surface area (Å²) in [5, 5.41) is 4.01. The van der Waals surface area contributed by atoms with Gasteiger partial charge in [-0.3, -0.25) is 0 Å². The first kappa shape index (κ1) is 13.2. The van der Waals surface area contributed by atoms with Crippen LogP contribution in [0.4, 0.5) is 11.4 Å². The summed E-state index contributed by atoms with van der Waals surface area (Å²) in [6.07, 6.45) is 0. The highest BCUT2D eigenvalue weighted by Gasteiger charge is 2.10. The molecule has 106 valence electrons. The summed E-state index contributed by atoms with van der Waals surface area (Å²) < 4.78 is 5.33. The van der Waals surface area contributed by atoms with Gasteiger partial charge in [-0.15, -0.1) is 0 Å². The predicted octanol–water partition coefficient (Wildman–Crippen LogP) is 3.05. The number of anilines is 2. The van der Waals surface area contributed by atoms with E-state index in [9.17, 15) is 0 Å². The Labute approximate surface area is 123 Å². The lowest BCUT2D eigenvalue weighted by atomic mass is 10.2. The molecule has 0 fully saturated rings. The summed E-state index contributed by atoms with van der Waals surface area (Å²) in [6, 6.07) is 15.3. The molecule has 3 rings (SSSR count). The Morgan fingerprint density at radius 3 is 2.14 bits per heavy atom. The molecule has 0 saturated heterocycles. The molecule has 0 aliphatic heterocycles.